The molecule has 0 saturated carbocycles. The average molecular weight is 374 g/mol. The van der Waals surface area contributed by atoms with E-state index in [0.717, 1.165) is 0 Å². The van der Waals surface area contributed by atoms with Gasteiger partial charge in [-0.25, -0.2) is 9.59 Å². The van der Waals surface area contributed by atoms with Crippen LogP contribution < -0.4 is 0 Å². The first-order valence-corrected chi connectivity index (χ1v) is 8.17. The first-order valence-electron chi connectivity index (χ1n) is 8.17. The van der Waals surface area contributed by atoms with Crippen LogP contribution in [-0.4, -0.2) is 39.8 Å². The number of aromatic carboxylic acids is 1. The van der Waals surface area contributed by atoms with E-state index < -0.39 is 23.1 Å². The zero-order chi connectivity index (χ0) is 19.6. The van der Waals surface area contributed by atoms with Gasteiger partial charge in [-0.15, -0.1) is 10.1 Å². The number of pyridine rings is 1. The predicted molar refractivity (Wildman–Crippen MR) is 92.7 cm³/mol. The number of nitrogens with zero attached hydrogens (tertiary/aromatic N) is 2. The molecule has 2 aromatic rings. The van der Waals surface area contributed by atoms with Crippen molar-refractivity contribution in [2.24, 2.45) is 0 Å². The van der Waals surface area contributed by atoms with Crippen molar-refractivity contribution in [3.8, 4) is 0 Å². The van der Waals surface area contributed by atoms with Gasteiger partial charge < -0.3 is 14.7 Å². The summed E-state index contributed by atoms with van der Waals surface area (Å²) in [5, 5.41) is 18.7. The van der Waals surface area contributed by atoms with Crippen LogP contribution in [-0.2, 0) is 16.0 Å². The van der Waals surface area contributed by atoms with Crippen LogP contribution in [0.2, 0.25) is 0 Å². The lowest BCUT2D eigenvalue weighted by Gasteiger charge is -2.19. The molecule has 9 nitrogen and oxygen atoms in total. The number of benzene rings is 1. The minimum absolute atomic E-state index is 0.112. The first-order chi connectivity index (χ1) is 13.0. The Labute approximate surface area is 154 Å². The Bertz CT molecular complexity index is 795. The zero-order valence-corrected chi connectivity index (χ0v) is 14.3. The van der Waals surface area contributed by atoms with E-state index in [4.69, 9.17) is 4.74 Å². The molecule has 0 spiro atoms. The number of hydrogen-bond donors (Lipinski definition) is 1. The number of rotatable bonds is 10. The van der Waals surface area contributed by atoms with Crippen molar-refractivity contribution in [1.82, 2.24) is 4.98 Å². The maximum atomic E-state index is 12.3. The molecule has 0 fully saturated rings. The summed E-state index contributed by atoms with van der Waals surface area (Å²) in [5.74, 6) is -1.68. The maximum Gasteiger partial charge on any atom is 0.339 e. The van der Waals surface area contributed by atoms with E-state index in [-0.39, 0.29) is 37.0 Å². The Kier molecular flexibility index (Phi) is 7.24. The second kappa shape index (κ2) is 9.85. The van der Waals surface area contributed by atoms with Crippen LogP contribution in [0.5, 0.6) is 0 Å². The first kappa shape index (κ1) is 19.8. The largest absolute Gasteiger partial charge is 0.478 e. The molecule has 0 radical (unpaired) electrons. The van der Waals surface area contributed by atoms with Crippen LogP contribution in [0.25, 0.3) is 0 Å². The van der Waals surface area contributed by atoms with Gasteiger partial charge in [0, 0.05) is 18.8 Å². The van der Waals surface area contributed by atoms with E-state index in [2.05, 4.69) is 9.82 Å². The van der Waals surface area contributed by atoms with Gasteiger partial charge in [-0.1, -0.05) is 18.2 Å². The van der Waals surface area contributed by atoms with Crippen molar-refractivity contribution < 1.29 is 29.4 Å². The molecular weight excluding hydrogens is 356 g/mol. The molecule has 1 unspecified atom stereocenters. The number of carbonyl (C=O) groups is 2. The lowest BCUT2D eigenvalue weighted by molar-refractivity contribution is -0.757. The fourth-order valence-corrected chi connectivity index (χ4v) is 2.51. The number of carboxylic acid groups (broad SMARTS) is 1. The fourth-order valence-electron chi connectivity index (χ4n) is 2.51. The molecule has 0 aliphatic carbocycles. The van der Waals surface area contributed by atoms with Crippen molar-refractivity contribution in [2.45, 2.75) is 25.4 Å². The molecule has 1 heterocycles. The molecule has 1 aromatic heterocycles. The van der Waals surface area contributed by atoms with Crippen molar-refractivity contribution in [1.29, 1.82) is 0 Å². The summed E-state index contributed by atoms with van der Waals surface area (Å²) >= 11 is 0. The van der Waals surface area contributed by atoms with Crippen LogP contribution in [0.3, 0.4) is 0 Å². The van der Waals surface area contributed by atoms with E-state index in [0.29, 0.717) is 5.56 Å². The third-order valence-electron chi connectivity index (χ3n) is 3.73. The van der Waals surface area contributed by atoms with Gasteiger partial charge in [0.05, 0.1) is 17.7 Å². The highest BCUT2D eigenvalue weighted by atomic mass is 16.9. The van der Waals surface area contributed by atoms with Crippen molar-refractivity contribution in [3.63, 3.8) is 0 Å². The Morgan fingerprint density at radius 2 is 2.00 bits per heavy atom. The van der Waals surface area contributed by atoms with Gasteiger partial charge in [-0.3, -0.25) is 4.98 Å². The standard InChI is InChI=1S/C18H18N2O7/c21-17(22)16-8-2-1-5-13(16)11-15(7-4-10-26-20(24)25)27-18(23)14-6-3-9-19-12-14/h1-3,5-6,8-9,12,15H,4,7,10-11H2,(H,21,22). The predicted octanol–water partition coefficient (Wildman–Crippen LogP) is 2.54. The summed E-state index contributed by atoms with van der Waals surface area (Å²) in [5.41, 5.74) is 0.876. The van der Waals surface area contributed by atoms with Gasteiger partial charge in [-0.2, -0.15) is 0 Å². The minimum Gasteiger partial charge on any atom is -0.478 e. The fraction of sp³-hybridized carbons (Fsp3) is 0.278. The van der Waals surface area contributed by atoms with Gasteiger partial charge in [0.2, 0.25) is 0 Å². The smallest absolute Gasteiger partial charge is 0.339 e. The number of hydrogen-bond acceptors (Lipinski definition) is 7. The average Bonchev–Trinajstić information content (AvgIpc) is 2.65. The van der Waals surface area contributed by atoms with Gasteiger partial charge in [0.1, 0.15) is 6.10 Å². The van der Waals surface area contributed by atoms with Crippen LogP contribution in [0.1, 0.15) is 39.1 Å². The molecule has 2 rings (SSSR count). The minimum atomic E-state index is -1.08. The van der Waals surface area contributed by atoms with E-state index in [1.165, 1.54) is 18.5 Å². The molecule has 0 saturated heterocycles. The molecule has 0 aliphatic rings. The van der Waals surface area contributed by atoms with Crippen molar-refractivity contribution >= 4 is 11.9 Å². The highest BCUT2D eigenvalue weighted by molar-refractivity contribution is 5.90. The van der Waals surface area contributed by atoms with Crippen LogP contribution in [0, 0.1) is 10.1 Å². The summed E-state index contributed by atoms with van der Waals surface area (Å²) in [6.45, 7) is -0.144. The lowest BCUT2D eigenvalue weighted by Crippen LogP contribution is -2.23. The molecule has 0 aliphatic heterocycles. The van der Waals surface area contributed by atoms with Gasteiger partial charge >= 0.3 is 11.9 Å². The number of ether oxygens (including phenoxy) is 1. The summed E-state index contributed by atoms with van der Waals surface area (Å²) in [6, 6.07) is 9.55. The second-order valence-electron chi connectivity index (χ2n) is 5.63. The van der Waals surface area contributed by atoms with Crippen molar-refractivity contribution in [3.05, 3.63) is 75.6 Å². The van der Waals surface area contributed by atoms with E-state index >= 15 is 0 Å². The summed E-state index contributed by atoms with van der Waals surface area (Å²) in [6.07, 6.45) is 2.91. The number of carbonyl (C=O) groups excluding carboxylic acids is 1. The van der Waals surface area contributed by atoms with Crippen molar-refractivity contribution in [2.75, 3.05) is 6.61 Å². The Balaban J connectivity index is 2.10. The monoisotopic (exact) mass is 374 g/mol. The number of carboxylic acids is 1. The molecule has 27 heavy (non-hydrogen) atoms. The van der Waals surface area contributed by atoms with Crippen LogP contribution in [0.15, 0.2) is 48.8 Å². The lowest BCUT2D eigenvalue weighted by atomic mass is 9.99. The molecule has 0 bridgehead atoms. The van der Waals surface area contributed by atoms with Crippen LogP contribution in [0.4, 0.5) is 0 Å². The quantitative estimate of drug-likeness (QED) is 0.291. The number of aromatic nitrogens is 1. The highest BCUT2D eigenvalue weighted by Crippen LogP contribution is 2.17. The Hall–Kier alpha value is -3.49. The molecule has 1 atom stereocenters. The maximum absolute atomic E-state index is 12.3. The van der Waals surface area contributed by atoms with Gasteiger partial charge in [-0.05, 0) is 36.6 Å². The number of esters is 1. The molecule has 1 aromatic carbocycles. The van der Waals surface area contributed by atoms with Gasteiger partial charge in [0.25, 0.3) is 5.09 Å². The molecule has 142 valence electrons. The second-order valence-corrected chi connectivity index (χ2v) is 5.63. The third kappa shape index (κ3) is 6.38. The molecule has 0 amide bonds. The zero-order valence-electron chi connectivity index (χ0n) is 14.3. The Morgan fingerprint density at radius 1 is 1.22 bits per heavy atom. The normalized spacial score (nSPS) is 11.4. The SMILES string of the molecule is O=C(OC(CCCO[N+](=O)[O-])Cc1ccccc1C(=O)O)c1cccnc1. The summed E-state index contributed by atoms with van der Waals surface area (Å²) in [7, 11) is 0. The third-order valence-corrected chi connectivity index (χ3v) is 3.73. The molecule has 1 N–H and O–H groups in total. The highest BCUT2D eigenvalue weighted by Gasteiger charge is 2.20. The molecular formula is C18H18N2O7. The van der Waals surface area contributed by atoms with Gasteiger partial charge in [0.15, 0.2) is 0 Å². The molecule has 9 heteroatoms. The Morgan fingerprint density at radius 3 is 2.67 bits per heavy atom. The summed E-state index contributed by atoms with van der Waals surface area (Å²) in [4.78, 5) is 42.0. The van der Waals surface area contributed by atoms with E-state index in [1.807, 2.05) is 0 Å². The topological polar surface area (TPSA) is 129 Å². The van der Waals surface area contributed by atoms with E-state index in [1.54, 1.807) is 30.3 Å². The van der Waals surface area contributed by atoms with E-state index in [9.17, 15) is 24.8 Å². The summed E-state index contributed by atoms with van der Waals surface area (Å²) < 4.78 is 5.49. The van der Waals surface area contributed by atoms with Crippen LogP contribution >= 0.6 is 0 Å².